The van der Waals surface area contributed by atoms with E-state index in [2.05, 4.69) is 10.2 Å². The van der Waals surface area contributed by atoms with E-state index >= 15 is 0 Å². The van der Waals surface area contributed by atoms with Crippen LogP contribution in [0.5, 0.6) is 0 Å². The summed E-state index contributed by atoms with van der Waals surface area (Å²) in [6.45, 7) is 6.35. The van der Waals surface area contributed by atoms with Gasteiger partial charge in [0, 0.05) is 30.8 Å². The van der Waals surface area contributed by atoms with Crippen molar-refractivity contribution in [3.8, 4) is 0 Å². The van der Waals surface area contributed by atoms with Gasteiger partial charge < -0.3 is 0 Å². The first-order chi connectivity index (χ1) is 7.43. The summed E-state index contributed by atoms with van der Waals surface area (Å²) in [7, 11) is -3.15. The normalized spacial score (nSPS) is 17.8. The molecule has 0 atom stereocenters. The maximum atomic E-state index is 12.0. The Morgan fingerprint density at radius 3 is 2.75 bits per heavy atom. The molecule has 0 bridgehead atoms. The van der Waals surface area contributed by atoms with Gasteiger partial charge in [-0.25, -0.2) is 8.42 Å². The SMILES string of the molecule is Cc1[nH]nc2c1CN(S(=O)(=O)C(C)C)CC2. The Balaban J connectivity index is 2.29. The third kappa shape index (κ3) is 1.76. The van der Waals surface area contributed by atoms with Crippen LogP contribution in [0, 0.1) is 6.92 Å². The Kier molecular flexibility index (Phi) is 2.79. The molecule has 0 unspecified atom stereocenters. The van der Waals surface area contributed by atoms with Crippen molar-refractivity contribution in [3.63, 3.8) is 0 Å². The van der Waals surface area contributed by atoms with Crippen LogP contribution in [0.4, 0.5) is 0 Å². The number of aromatic nitrogens is 2. The van der Waals surface area contributed by atoms with E-state index in [1.807, 2.05) is 6.92 Å². The number of nitrogens with zero attached hydrogens (tertiary/aromatic N) is 2. The fourth-order valence-electron chi connectivity index (χ4n) is 1.92. The van der Waals surface area contributed by atoms with Gasteiger partial charge in [0.25, 0.3) is 0 Å². The topological polar surface area (TPSA) is 66.1 Å². The van der Waals surface area contributed by atoms with Crippen molar-refractivity contribution in [2.75, 3.05) is 6.54 Å². The Hall–Kier alpha value is -0.880. The summed E-state index contributed by atoms with van der Waals surface area (Å²) < 4.78 is 25.6. The van der Waals surface area contributed by atoms with Crippen LogP contribution in [0.3, 0.4) is 0 Å². The van der Waals surface area contributed by atoms with Crippen molar-refractivity contribution in [1.29, 1.82) is 0 Å². The first kappa shape index (κ1) is 11.6. The van der Waals surface area contributed by atoms with Crippen molar-refractivity contribution < 1.29 is 8.42 Å². The molecule has 6 heteroatoms. The first-order valence-corrected chi connectivity index (χ1v) is 6.95. The second-order valence-electron chi connectivity index (χ2n) is 4.45. The van der Waals surface area contributed by atoms with Gasteiger partial charge in [0.15, 0.2) is 0 Å². The van der Waals surface area contributed by atoms with Gasteiger partial charge >= 0.3 is 0 Å². The molecule has 0 aliphatic carbocycles. The fourth-order valence-corrected chi connectivity index (χ4v) is 3.17. The lowest BCUT2D eigenvalue weighted by molar-refractivity contribution is 0.385. The van der Waals surface area contributed by atoms with E-state index in [1.165, 1.54) is 0 Å². The Bertz CT molecular complexity index is 490. The molecule has 0 aromatic carbocycles. The highest BCUT2D eigenvalue weighted by Crippen LogP contribution is 2.23. The molecule has 2 heterocycles. The number of H-pyrrole nitrogens is 1. The molecule has 1 aliphatic rings. The van der Waals surface area contributed by atoms with E-state index in [1.54, 1.807) is 18.2 Å². The smallest absolute Gasteiger partial charge is 0.216 e. The van der Waals surface area contributed by atoms with Gasteiger partial charge in [-0.2, -0.15) is 9.40 Å². The van der Waals surface area contributed by atoms with Crippen LogP contribution in [0.2, 0.25) is 0 Å². The second kappa shape index (κ2) is 3.85. The molecule has 1 aliphatic heterocycles. The monoisotopic (exact) mass is 243 g/mol. The highest BCUT2D eigenvalue weighted by Gasteiger charge is 2.30. The third-order valence-electron chi connectivity index (χ3n) is 3.05. The lowest BCUT2D eigenvalue weighted by atomic mass is 10.1. The summed E-state index contributed by atoms with van der Waals surface area (Å²) in [5.74, 6) is 0. The average molecular weight is 243 g/mol. The third-order valence-corrected chi connectivity index (χ3v) is 5.27. The maximum absolute atomic E-state index is 12.0. The Morgan fingerprint density at radius 2 is 2.12 bits per heavy atom. The minimum atomic E-state index is -3.15. The quantitative estimate of drug-likeness (QED) is 0.836. The van der Waals surface area contributed by atoms with Crippen LogP contribution < -0.4 is 0 Å². The predicted molar refractivity (Wildman–Crippen MR) is 61.5 cm³/mol. The Morgan fingerprint density at radius 1 is 1.44 bits per heavy atom. The molecule has 0 amide bonds. The molecule has 0 radical (unpaired) electrons. The van der Waals surface area contributed by atoms with Crippen LogP contribution in [0.1, 0.15) is 30.8 Å². The standard InChI is InChI=1S/C10H17N3O2S/c1-7(2)16(14,15)13-5-4-10-9(6-13)8(3)11-12-10/h7H,4-6H2,1-3H3,(H,11,12). The van der Waals surface area contributed by atoms with Crippen molar-refractivity contribution in [2.45, 2.75) is 39.0 Å². The van der Waals surface area contributed by atoms with E-state index < -0.39 is 10.0 Å². The molecule has 0 fully saturated rings. The van der Waals surface area contributed by atoms with Crippen LogP contribution in [0.25, 0.3) is 0 Å². The number of hydrogen-bond donors (Lipinski definition) is 1. The van der Waals surface area contributed by atoms with Crippen LogP contribution in [-0.2, 0) is 23.0 Å². The van der Waals surface area contributed by atoms with Crippen molar-refractivity contribution in [3.05, 3.63) is 17.0 Å². The highest BCUT2D eigenvalue weighted by molar-refractivity contribution is 7.89. The van der Waals surface area contributed by atoms with Crippen LogP contribution >= 0.6 is 0 Å². The van der Waals surface area contributed by atoms with Gasteiger partial charge in [-0.15, -0.1) is 0 Å². The Labute approximate surface area is 95.9 Å². The number of aromatic amines is 1. The van der Waals surface area contributed by atoms with Gasteiger partial charge in [0.2, 0.25) is 10.0 Å². The number of rotatable bonds is 2. The van der Waals surface area contributed by atoms with Crippen LogP contribution in [-0.4, -0.2) is 34.7 Å². The summed E-state index contributed by atoms with van der Waals surface area (Å²) in [5.41, 5.74) is 3.02. The molecular weight excluding hydrogens is 226 g/mol. The van der Waals surface area contributed by atoms with E-state index in [0.29, 0.717) is 19.5 Å². The molecule has 0 saturated heterocycles. The van der Waals surface area contributed by atoms with Gasteiger partial charge in [-0.3, -0.25) is 5.10 Å². The largest absolute Gasteiger partial charge is 0.282 e. The zero-order valence-corrected chi connectivity index (χ0v) is 10.6. The molecule has 16 heavy (non-hydrogen) atoms. The molecule has 0 saturated carbocycles. The molecule has 0 spiro atoms. The first-order valence-electron chi connectivity index (χ1n) is 5.44. The minimum absolute atomic E-state index is 0.360. The highest BCUT2D eigenvalue weighted by atomic mass is 32.2. The van der Waals surface area contributed by atoms with Gasteiger partial charge in [0.05, 0.1) is 10.9 Å². The number of hydrogen-bond acceptors (Lipinski definition) is 3. The van der Waals surface area contributed by atoms with Crippen molar-refractivity contribution in [2.24, 2.45) is 0 Å². The molecule has 1 aromatic rings. The number of fused-ring (bicyclic) bond motifs is 1. The van der Waals surface area contributed by atoms with Crippen molar-refractivity contribution in [1.82, 2.24) is 14.5 Å². The minimum Gasteiger partial charge on any atom is -0.282 e. The number of sulfonamides is 1. The van der Waals surface area contributed by atoms with E-state index in [9.17, 15) is 8.42 Å². The summed E-state index contributed by atoms with van der Waals surface area (Å²) in [4.78, 5) is 0. The van der Waals surface area contributed by atoms with E-state index in [0.717, 1.165) is 17.0 Å². The number of aryl methyl sites for hydroxylation is 1. The zero-order valence-electron chi connectivity index (χ0n) is 9.82. The average Bonchev–Trinajstić information content (AvgIpc) is 2.60. The molecule has 5 nitrogen and oxygen atoms in total. The number of nitrogens with one attached hydrogen (secondary N) is 1. The molecule has 2 rings (SSSR count). The lowest BCUT2D eigenvalue weighted by Crippen LogP contribution is -2.39. The summed E-state index contributed by atoms with van der Waals surface area (Å²) >= 11 is 0. The predicted octanol–water partition coefficient (Wildman–Crippen LogP) is 0.814. The van der Waals surface area contributed by atoms with Gasteiger partial charge in [-0.05, 0) is 20.8 Å². The fraction of sp³-hybridized carbons (Fsp3) is 0.700. The van der Waals surface area contributed by atoms with Crippen molar-refractivity contribution >= 4 is 10.0 Å². The van der Waals surface area contributed by atoms with Gasteiger partial charge in [0.1, 0.15) is 0 Å². The second-order valence-corrected chi connectivity index (χ2v) is 6.94. The van der Waals surface area contributed by atoms with Gasteiger partial charge in [-0.1, -0.05) is 0 Å². The zero-order chi connectivity index (χ0) is 11.9. The molecule has 1 N–H and O–H groups in total. The summed E-state index contributed by atoms with van der Waals surface area (Å²) in [6, 6.07) is 0. The molecule has 1 aromatic heterocycles. The van der Waals surface area contributed by atoms with Crippen LogP contribution in [0.15, 0.2) is 0 Å². The lowest BCUT2D eigenvalue weighted by Gasteiger charge is -2.27. The maximum Gasteiger partial charge on any atom is 0.216 e. The molecule has 90 valence electrons. The summed E-state index contributed by atoms with van der Waals surface area (Å²) in [6.07, 6.45) is 0.700. The van der Waals surface area contributed by atoms with E-state index in [-0.39, 0.29) is 5.25 Å². The molecular formula is C10H17N3O2S. The summed E-state index contributed by atoms with van der Waals surface area (Å²) in [5, 5.41) is 6.72. The van der Waals surface area contributed by atoms with E-state index in [4.69, 9.17) is 0 Å².